The number of carbonyl (C=O) groups excluding carboxylic acids is 1. The molecule has 1 atom stereocenters. The quantitative estimate of drug-likeness (QED) is 0.881. The molecule has 5 heteroatoms. The molecule has 0 radical (unpaired) electrons. The van der Waals surface area contributed by atoms with E-state index in [4.69, 9.17) is 11.6 Å². The van der Waals surface area contributed by atoms with Crippen molar-refractivity contribution in [3.8, 4) is 0 Å². The fourth-order valence-corrected chi connectivity index (χ4v) is 2.69. The lowest BCUT2D eigenvalue weighted by Gasteiger charge is -2.21. The molecule has 0 fully saturated rings. The highest BCUT2D eigenvalue weighted by Crippen LogP contribution is 2.27. The summed E-state index contributed by atoms with van der Waals surface area (Å²) in [6, 6.07) is 3.54. The lowest BCUT2D eigenvalue weighted by atomic mass is 9.94. The Morgan fingerprint density at radius 2 is 2.14 bits per heavy atom. The van der Waals surface area contributed by atoms with Crippen LogP contribution in [-0.4, -0.2) is 21.8 Å². The minimum atomic E-state index is -0.234. The predicted octanol–water partition coefficient (Wildman–Crippen LogP) is 3.52. The van der Waals surface area contributed by atoms with Crippen molar-refractivity contribution in [1.82, 2.24) is 15.3 Å². The van der Waals surface area contributed by atoms with Gasteiger partial charge in [0.25, 0.3) is 0 Å². The molecule has 0 aliphatic carbocycles. The molecule has 0 saturated heterocycles. The van der Waals surface area contributed by atoms with Crippen LogP contribution in [-0.2, 0) is 4.79 Å². The maximum Gasteiger partial charge on any atom is 0.158 e. The summed E-state index contributed by atoms with van der Waals surface area (Å²) in [6.45, 7) is 3.88. The van der Waals surface area contributed by atoms with Crippen LogP contribution in [0.5, 0.6) is 0 Å². The zero-order chi connectivity index (χ0) is 15.7. The highest BCUT2D eigenvalue weighted by atomic mass is 35.5. The topological polar surface area (TPSA) is 54.9 Å². The van der Waals surface area contributed by atoms with Gasteiger partial charge in [0.2, 0.25) is 0 Å². The molecule has 1 aliphatic rings. The number of halogens is 1. The van der Waals surface area contributed by atoms with Gasteiger partial charge in [0.1, 0.15) is 11.2 Å². The molecule has 3 rings (SSSR count). The largest absolute Gasteiger partial charge is 0.378 e. The van der Waals surface area contributed by atoms with Gasteiger partial charge in [-0.25, -0.2) is 4.98 Å². The van der Waals surface area contributed by atoms with Crippen molar-refractivity contribution in [3.05, 3.63) is 53.1 Å². The zero-order valence-corrected chi connectivity index (χ0v) is 13.2. The fraction of sp³-hybridized carbons (Fsp3) is 0.235. The molecule has 2 aromatic heterocycles. The van der Waals surface area contributed by atoms with Crippen LogP contribution in [0.2, 0.25) is 5.15 Å². The summed E-state index contributed by atoms with van der Waals surface area (Å²) in [6.07, 6.45) is 7.90. The summed E-state index contributed by atoms with van der Waals surface area (Å²) in [5.41, 5.74) is 3.90. The minimum Gasteiger partial charge on any atom is -0.378 e. The van der Waals surface area contributed by atoms with E-state index in [1.54, 1.807) is 12.3 Å². The van der Waals surface area contributed by atoms with Crippen LogP contribution < -0.4 is 5.32 Å². The summed E-state index contributed by atoms with van der Waals surface area (Å²) in [5.74, 6) is 0.185. The third-order valence-corrected chi connectivity index (χ3v) is 3.99. The van der Waals surface area contributed by atoms with Gasteiger partial charge >= 0.3 is 0 Å². The number of allylic oxidation sites excluding steroid dienone is 2. The van der Waals surface area contributed by atoms with Crippen LogP contribution in [0.4, 0.5) is 0 Å². The molecule has 112 valence electrons. The molecule has 0 aromatic carbocycles. The van der Waals surface area contributed by atoms with E-state index in [-0.39, 0.29) is 11.8 Å². The van der Waals surface area contributed by atoms with Gasteiger partial charge in [-0.1, -0.05) is 24.6 Å². The number of ketones is 1. The maximum absolute atomic E-state index is 11.8. The van der Waals surface area contributed by atoms with Crippen molar-refractivity contribution in [1.29, 1.82) is 0 Å². The number of nitrogens with one attached hydrogen (secondary N) is 1. The number of Topliss-reactive ketones (excluding diaryl/α,β-unsaturated/α-hetero) is 1. The highest BCUT2D eigenvalue weighted by Gasteiger charge is 2.18. The van der Waals surface area contributed by atoms with Crippen LogP contribution in [0.25, 0.3) is 16.5 Å². The number of rotatable bonds is 3. The second-order valence-corrected chi connectivity index (χ2v) is 5.68. The molecule has 0 amide bonds. The van der Waals surface area contributed by atoms with Crippen LogP contribution in [0, 0.1) is 0 Å². The Labute approximate surface area is 133 Å². The molecule has 22 heavy (non-hydrogen) atoms. The second-order valence-electron chi connectivity index (χ2n) is 5.30. The highest BCUT2D eigenvalue weighted by molar-refractivity contribution is 6.30. The maximum atomic E-state index is 11.8. The van der Waals surface area contributed by atoms with Gasteiger partial charge in [-0.05, 0) is 18.6 Å². The Bertz CT molecular complexity index is 811. The van der Waals surface area contributed by atoms with E-state index in [0.717, 1.165) is 27.6 Å². The van der Waals surface area contributed by atoms with E-state index in [1.807, 2.05) is 38.4 Å². The Morgan fingerprint density at radius 3 is 2.86 bits per heavy atom. The molecule has 1 aliphatic heterocycles. The summed E-state index contributed by atoms with van der Waals surface area (Å²) in [7, 11) is 0. The van der Waals surface area contributed by atoms with E-state index in [1.165, 1.54) is 0 Å². The first kappa shape index (κ1) is 14.7. The van der Waals surface area contributed by atoms with Crippen molar-refractivity contribution in [2.75, 3.05) is 0 Å². The fourth-order valence-electron chi connectivity index (χ4n) is 2.54. The van der Waals surface area contributed by atoms with Crippen molar-refractivity contribution in [2.24, 2.45) is 0 Å². The monoisotopic (exact) mass is 313 g/mol. The van der Waals surface area contributed by atoms with Gasteiger partial charge in [-0.15, -0.1) is 0 Å². The first-order valence-electron chi connectivity index (χ1n) is 7.18. The van der Waals surface area contributed by atoms with E-state index < -0.39 is 0 Å². The van der Waals surface area contributed by atoms with E-state index in [2.05, 4.69) is 15.3 Å². The Balaban J connectivity index is 1.95. The molecule has 1 N–H and O–H groups in total. The summed E-state index contributed by atoms with van der Waals surface area (Å²) < 4.78 is 0. The Hall–Kier alpha value is -2.20. The van der Waals surface area contributed by atoms with Crippen LogP contribution in [0.1, 0.15) is 25.8 Å². The average Bonchev–Trinajstić information content (AvgIpc) is 2.53. The van der Waals surface area contributed by atoms with Gasteiger partial charge in [-0.2, -0.15) is 0 Å². The van der Waals surface area contributed by atoms with Crippen molar-refractivity contribution in [2.45, 2.75) is 26.3 Å². The van der Waals surface area contributed by atoms with Gasteiger partial charge in [-0.3, -0.25) is 9.78 Å². The van der Waals surface area contributed by atoms with Crippen LogP contribution >= 0.6 is 11.6 Å². The zero-order valence-electron chi connectivity index (χ0n) is 12.4. The first-order valence-corrected chi connectivity index (χ1v) is 7.55. The smallest absolute Gasteiger partial charge is 0.158 e. The second kappa shape index (κ2) is 5.89. The minimum absolute atomic E-state index is 0.185. The Kier molecular flexibility index (Phi) is 3.94. The molecular formula is C17H16ClN3O. The third-order valence-electron chi connectivity index (χ3n) is 3.79. The Morgan fingerprint density at radius 1 is 1.32 bits per heavy atom. The normalized spacial score (nSPS) is 17.7. The van der Waals surface area contributed by atoms with Crippen molar-refractivity contribution < 1.29 is 4.79 Å². The molecule has 3 heterocycles. The lowest BCUT2D eigenvalue weighted by molar-refractivity contribution is -0.119. The van der Waals surface area contributed by atoms with Crippen molar-refractivity contribution in [3.63, 3.8) is 0 Å². The summed E-state index contributed by atoms with van der Waals surface area (Å²) in [5, 5.41) is 4.52. The molecular weight excluding hydrogens is 298 g/mol. The van der Waals surface area contributed by atoms with Gasteiger partial charge < -0.3 is 5.32 Å². The molecule has 0 spiro atoms. The van der Waals surface area contributed by atoms with E-state index in [9.17, 15) is 4.79 Å². The molecule has 4 nitrogen and oxygen atoms in total. The SMILES string of the molecule is CCC(=O)C1C=C(C)C(c2cnc3cc(Cl)ncc3c2)=CN1. The number of fused-ring (bicyclic) bond motifs is 1. The van der Waals surface area contributed by atoms with Crippen molar-refractivity contribution >= 4 is 33.9 Å². The molecule has 0 bridgehead atoms. The van der Waals surface area contributed by atoms with Gasteiger partial charge in [0.15, 0.2) is 5.78 Å². The standard InChI is InChI=1S/C17H16ClN3O/c1-3-16(22)15-4-10(2)13(9-20-15)11-5-12-8-21-17(18)6-14(12)19-7-11/h4-9,15,20H,3H2,1-2H3. The molecule has 2 aromatic rings. The summed E-state index contributed by atoms with van der Waals surface area (Å²) >= 11 is 5.88. The first-order chi connectivity index (χ1) is 10.6. The number of hydrogen-bond donors (Lipinski definition) is 1. The third kappa shape index (κ3) is 2.74. The number of pyridine rings is 2. The van der Waals surface area contributed by atoms with E-state index >= 15 is 0 Å². The summed E-state index contributed by atoms with van der Waals surface area (Å²) in [4.78, 5) is 20.3. The number of dihydropyridines is 1. The van der Waals surface area contributed by atoms with Gasteiger partial charge in [0, 0.05) is 47.6 Å². The van der Waals surface area contributed by atoms with Gasteiger partial charge in [0.05, 0.1) is 5.52 Å². The van der Waals surface area contributed by atoms with Crippen LogP contribution in [0.3, 0.4) is 0 Å². The predicted molar refractivity (Wildman–Crippen MR) is 88.5 cm³/mol. The number of carbonyl (C=O) groups is 1. The lowest BCUT2D eigenvalue weighted by Crippen LogP contribution is -2.33. The van der Waals surface area contributed by atoms with E-state index in [0.29, 0.717) is 11.6 Å². The van der Waals surface area contributed by atoms with Crippen LogP contribution in [0.15, 0.2) is 42.4 Å². The molecule has 1 unspecified atom stereocenters. The number of aromatic nitrogens is 2. The molecule has 0 saturated carbocycles. The number of hydrogen-bond acceptors (Lipinski definition) is 4. The number of nitrogens with zero attached hydrogens (tertiary/aromatic N) is 2. The average molecular weight is 314 g/mol.